The number of hydrogen-bond acceptors (Lipinski definition) is 6. The summed E-state index contributed by atoms with van der Waals surface area (Å²) in [6.07, 6.45) is 1.37. The van der Waals surface area contributed by atoms with E-state index in [9.17, 15) is 14.4 Å². The Bertz CT molecular complexity index is 1390. The highest BCUT2D eigenvalue weighted by atomic mass is 16.5. The van der Waals surface area contributed by atoms with Gasteiger partial charge in [-0.2, -0.15) is 5.10 Å². The molecule has 0 bridgehead atoms. The number of esters is 1. The molecule has 0 heterocycles. The minimum atomic E-state index is -0.919. The number of fused-ring (bicyclic) bond motifs is 1. The van der Waals surface area contributed by atoms with E-state index in [2.05, 4.69) is 15.8 Å². The Balaban J connectivity index is 1.31. The highest BCUT2D eigenvalue weighted by molar-refractivity contribution is 6.39. The summed E-state index contributed by atoms with van der Waals surface area (Å²) in [4.78, 5) is 36.6. The van der Waals surface area contributed by atoms with Crippen LogP contribution in [-0.2, 0) is 9.59 Å². The smallest absolute Gasteiger partial charge is 0.344 e. The summed E-state index contributed by atoms with van der Waals surface area (Å²) in [6, 6.07) is 26.2. The molecule has 0 fully saturated rings. The fraction of sp³-hybridized carbons (Fsp3) is 0.0370. The van der Waals surface area contributed by atoms with E-state index in [0.29, 0.717) is 28.3 Å². The van der Waals surface area contributed by atoms with E-state index in [4.69, 9.17) is 9.47 Å². The molecule has 35 heavy (non-hydrogen) atoms. The normalized spacial score (nSPS) is 10.7. The van der Waals surface area contributed by atoms with Crippen molar-refractivity contribution in [3.05, 3.63) is 102 Å². The Morgan fingerprint density at radius 3 is 2.20 bits per heavy atom. The lowest BCUT2D eigenvalue weighted by molar-refractivity contribution is -0.136. The molecule has 0 unspecified atom stereocenters. The molecular formula is C27H21N3O5. The van der Waals surface area contributed by atoms with Crippen LogP contribution in [-0.4, -0.2) is 31.1 Å². The zero-order chi connectivity index (χ0) is 24.6. The van der Waals surface area contributed by atoms with Crippen LogP contribution in [0.1, 0.15) is 15.9 Å². The molecule has 4 rings (SSSR count). The third-order valence-corrected chi connectivity index (χ3v) is 5.03. The molecule has 8 heteroatoms. The van der Waals surface area contributed by atoms with Crippen LogP contribution in [0.3, 0.4) is 0 Å². The fourth-order valence-electron chi connectivity index (χ4n) is 3.27. The standard InChI is InChI=1S/C27H21N3O5/c1-34-21-15-11-20(12-16-21)29-25(31)26(32)30-28-17-18-9-13-22(14-10-18)35-27(33)24-8-4-6-19-5-2-3-7-23(19)24/h2-17H,1H3,(H,29,31)(H,30,32)/b28-17+. The molecule has 0 aromatic heterocycles. The maximum atomic E-state index is 12.6. The molecule has 0 saturated heterocycles. The van der Waals surface area contributed by atoms with Crippen LogP contribution in [0.2, 0.25) is 0 Å². The number of benzene rings is 4. The van der Waals surface area contributed by atoms with E-state index in [1.165, 1.54) is 13.3 Å². The van der Waals surface area contributed by atoms with Gasteiger partial charge >= 0.3 is 17.8 Å². The second-order valence-corrected chi connectivity index (χ2v) is 7.37. The van der Waals surface area contributed by atoms with E-state index in [1.807, 2.05) is 36.4 Å². The van der Waals surface area contributed by atoms with Gasteiger partial charge < -0.3 is 14.8 Å². The van der Waals surface area contributed by atoms with E-state index in [1.54, 1.807) is 54.6 Å². The monoisotopic (exact) mass is 467 g/mol. The van der Waals surface area contributed by atoms with Crippen molar-refractivity contribution in [2.75, 3.05) is 12.4 Å². The number of methoxy groups -OCH3 is 1. The van der Waals surface area contributed by atoms with Crippen LogP contribution in [0, 0.1) is 0 Å². The number of carbonyl (C=O) groups excluding carboxylic acids is 3. The molecule has 4 aromatic rings. The number of amides is 2. The molecule has 0 aliphatic carbocycles. The van der Waals surface area contributed by atoms with Crippen molar-refractivity contribution < 1.29 is 23.9 Å². The summed E-state index contributed by atoms with van der Waals surface area (Å²) >= 11 is 0. The van der Waals surface area contributed by atoms with E-state index >= 15 is 0 Å². The number of carbonyl (C=O) groups is 3. The highest BCUT2D eigenvalue weighted by Crippen LogP contribution is 2.21. The van der Waals surface area contributed by atoms with Crippen molar-refractivity contribution in [3.8, 4) is 11.5 Å². The zero-order valence-electron chi connectivity index (χ0n) is 18.7. The maximum absolute atomic E-state index is 12.6. The molecule has 0 radical (unpaired) electrons. The van der Waals surface area contributed by atoms with E-state index < -0.39 is 17.8 Å². The SMILES string of the molecule is COc1ccc(NC(=O)C(=O)N/N=C/c2ccc(OC(=O)c3cccc4ccccc34)cc2)cc1. The molecular weight excluding hydrogens is 446 g/mol. The number of nitrogens with zero attached hydrogens (tertiary/aromatic N) is 1. The largest absolute Gasteiger partial charge is 0.497 e. The van der Waals surface area contributed by atoms with E-state index in [0.717, 1.165) is 10.8 Å². The average Bonchev–Trinajstić information content (AvgIpc) is 2.89. The zero-order valence-corrected chi connectivity index (χ0v) is 18.7. The van der Waals surface area contributed by atoms with Gasteiger partial charge in [-0.15, -0.1) is 0 Å². The Kier molecular flexibility index (Phi) is 7.13. The van der Waals surface area contributed by atoms with Crippen molar-refractivity contribution in [2.45, 2.75) is 0 Å². The number of rotatable bonds is 6. The summed E-state index contributed by atoms with van der Waals surface area (Å²) in [5.41, 5.74) is 3.72. The fourth-order valence-corrected chi connectivity index (χ4v) is 3.27. The van der Waals surface area contributed by atoms with Crippen molar-refractivity contribution >= 4 is 40.5 Å². The minimum Gasteiger partial charge on any atom is -0.497 e. The Morgan fingerprint density at radius 2 is 1.46 bits per heavy atom. The van der Waals surface area contributed by atoms with Crippen LogP contribution in [0.25, 0.3) is 10.8 Å². The molecule has 0 aliphatic heterocycles. The van der Waals surface area contributed by atoms with Crippen LogP contribution >= 0.6 is 0 Å². The third kappa shape index (κ3) is 5.88. The summed E-state index contributed by atoms with van der Waals surface area (Å²) in [7, 11) is 1.53. The Labute approximate surface area is 201 Å². The summed E-state index contributed by atoms with van der Waals surface area (Å²) in [6.45, 7) is 0. The molecule has 0 atom stereocenters. The van der Waals surface area contributed by atoms with Gasteiger partial charge in [0.25, 0.3) is 0 Å². The number of ether oxygens (including phenoxy) is 2. The van der Waals surface area contributed by atoms with Gasteiger partial charge in [-0.25, -0.2) is 10.2 Å². The predicted octanol–water partition coefficient (Wildman–Crippen LogP) is 4.16. The molecule has 4 aromatic carbocycles. The van der Waals surface area contributed by atoms with Crippen molar-refractivity contribution in [2.24, 2.45) is 5.10 Å². The first-order valence-electron chi connectivity index (χ1n) is 10.6. The quantitative estimate of drug-likeness (QED) is 0.146. The van der Waals surface area contributed by atoms with Gasteiger partial charge in [0.1, 0.15) is 11.5 Å². The molecule has 8 nitrogen and oxygen atoms in total. The number of hydrazone groups is 1. The average molecular weight is 467 g/mol. The second kappa shape index (κ2) is 10.8. The van der Waals surface area contributed by atoms with Crippen LogP contribution in [0.5, 0.6) is 11.5 Å². The number of hydrogen-bond donors (Lipinski definition) is 2. The highest BCUT2D eigenvalue weighted by Gasteiger charge is 2.13. The molecule has 174 valence electrons. The van der Waals surface area contributed by atoms with Crippen LogP contribution in [0.15, 0.2) is 96.1 Å². The van der Waals surface area contributed by atoms with Gasteiger partial charge in [0, 0.05) is 5.69 Å². The topological polar surface area (TPSA) is 106 Å². The maximum Gasteiger partial charge on any atom is 0.344 e. The lowest BCUT2D eigenvalue weighted by Gasteiger charge is -2.07. The second-order valence-electron chi connectivity index (χ2n) is 7.37. The van der Waals surface area contributed by atoms with Gasteiger partial charge in [-0.05, 0) is 70.9 Å². The van der Waals surface area contributed by atoms with Gasteiger partial charge in [0.2, 0.25) is 0 Å². The molecule has 2 amide bonds. The molecule has 0 aliphatic rings. The van der Waals surface area contributed by atoms with Crippen molar-refractivity contribution in [1.29, 1.82) is 0 Å². The Morgan fingerprint density at radius 1 is 0.771 bits per heavy atom. The lowest BCUT2D eigenvalue weighted by Crippen LogP contribution is -2.32. The molecule has 0 spiro atoms. The lowest BCUT2D eigenvalue weighted by atomic mass is 10.0. The summed E-state index contributed by atoms with van der Waals surface area (Å²) < 4.78 is 10.5. The first kappa shape index (κ1) is 23.2. The van der Waals surface area contributed by atoms with Crippen molar-refractivity contribution in [3.63, 3.8) is 0 Å². The van der Waals surface area contributed by atoms with Gasteiger partial charge in [-0.3, -0.25) is 9.59 Å². The van der Waals surface area contributed by atoms with Gasteiger partial charge in [0.05, 0.1) is 18.9 Å². The van der Waals surface area contributed by atoms with E-state index in [-0.39, 0.29) is 0 Å². The number of anilines is 1. The van der Waals surface area contributed by atoms with Crippen molar-refractivity contribution in [1.82, 2.24) is 5.43 Å². The minimum absolute atomic E-state index is 0.364. The van der Waals surface area contributed by atoms with Crippen LogP contribution < -0.4 is 20.2 Å². The third-order valence-electron chi connectivity index (χ3n) is 5.03. The Hall–Kier alpha value is -4.98. The first-order valence-corrected chi connectivity index (χ1v) is 10.6. The van der Waals surface area contributed by atoms with Gasteiger partial charge in [0.15, 0.2) is 0 Å². The number of nitrogens with one attached hydrogen (secondary N) is 2. The first-order chi connectivity index (χ1) is 17.0. The predicted molar refractivity (Wildman–Crippen MR) is 133 cm³/mol. The van der Waals surface area contributed by atoms with Gasteiger partial charge in [-0.1, -0.05) is 36.4 Å². The summed E-state index contributed by atoms with van der Waals surface area (Å²) in [5.74, 6) is -1.24. The molecule has 2 N–H and O–H groups in total. The van der Waals surface area contributed by atoms with Crippen LogP contribution in [0.4, 0.5) is 5.69 Å². The summed E-state index contributed by atoms with van der Waals surface area (Å²) in [5, 5.41) is 8.02. The molecule has 0 saturated carbocycles.